The average molecular weight is 392 g/mol. The zero-order valence-corrected chi connectivity index (χ0v) is 16.4. The molecule has 0 saturated carbocycles. The molecule has 2 N–H and O–H groups in total. The van der Waals surface area contributed by atoms with Gasteiger partial charge in [-0.05, 0) is 43.7 Å². The zero-order chi connectivity index (χ0) is 17.8. The quantitative estimate of drug-likeness (QED) is 0.727. The van der Waals surface area contributed by atoms with Crippen LogP contribution in [0.25, 0.3) is 0 Å². The Morgan fingerprint density at radius 3 is 2.48 bits per heavy atom. The first-order valence-electron chi connectivity index (χ1n) is 7.88. The number of halogens is 1. The number of amides is 1. The second-order valence-electron chi connectivity index (χ2n) is 6.14. The van der Waals surface area contributed by atoms with Crippen LogP contribution in [0.5, 0.6) is 0 Å². The summed E-state index contributed by atoms with van der Waals surface area (Å²) >= 11 is 0. The van der Waals surface area contributed by atoms with E-state index < -0.39 is 10.0 Å². The molecule has 1 aromatic rings. The van der Waals surface area contributed by atoms with Crippen molar-refractivity contribution in [3.8, 4) is 0 Å². The Morgan fingerprint density at radius 1 is 1.36 bits per heavy atom. The maximum Gasteiger partial charge on any atom is 0.240 e. The number of ether oxygens (including phenoxy) is 1. The molecule has 1 fully saturated rings. The lowest BCUT2D eigenvalue weighted by Crippen LogP contribution is -2.52. The number of carbonyl (C=O) groups excluding carboxylic acids is 1. The van der Waals surface area contributed by atoms with Crippen LogP contribution in [-0.4, -0.2) is 53.7 Å². The van der Waals surface area contributed by atoms with Crippen LogP contribution >= 0.6 is 12.4 Å². The summed E-state index contributed by atoms with van der Waals surface area (Å²) in [5, 5.41) is 3.34. The van der Waals surface area contributed by atoms with Gasteiger partial charge in [0.2, 0.25) is 15.9 Å². The molecular formula is C16H26ClN3O4S. The third kappa shape index (κ3) is 5.39. The van der Waals surface area contributed by atoms with Crippen LogP contribution in [0.2, 0.25) is 0 Å². The first-order chi connectivity index (χ1) is 11.3. The summed E-state index contributed by atoms with van der Waals surface area (Å²) in [7, 11) is -0.361. The molecular weight excluding hydrogens is 366 g/mol. The van der Waals surface area contributed by atoms with Crippen LogP contribution in [0.4, 0.5) is 5.69 Å². The number of rotatable bonds is 7. The van der Waals surface area contributed by atoms with Crippen molar-refractivity contribution in [3.63, 3.8) is 0 Å². The van der Waals surface area contributed by atoms with Gasteiger partial charge in [-0.25, -0.2) is 13.1 Å². The monoisotopic (exact) mass is 391 g/mol. The Morgan fingerprint density at radius 2 is 2.00 bits per heavy atom. The van der Waals surface area contributed by atoms with Gasteiger partial charge in [0, 0.05) is 33.3 Å². The fourth-order valence-electron chi connectivity index (χ4n) is 2.82. The van der Waals surface area contributed by atoms with Gasteiger partial charge in [-0.3, -0.25) is 4.79 Å². The van der Waals surface area contributed by atoms with Crippen LogP contribution in [0.3, 0.4) is 0 Å². The van der Waals surface area contributed by atoms with Gasteiger partial charge >= 0.3 is 0 Å². The largest absolute Gasteiger partial charge is 0.383 e. The molecule has 0 aromatic heterocycles. The number of sulfonamides is 1. The number of anilines is 1. The zero-order valence-electron chi connectivity index (χ0n) is 14.7. The smallest absolute Gasteiger partial charge is 0.240 e. The fraction of sp³-hybridized carbons (Fsp3) is 0.562. The second kappa shape index (κ2) is 8.95. The van der Waals surface area contributed by atoms with Crippen molar-refractivity contribution >= 4 is 34.0 Å². The maximum atomic E-state index is 12.5. The Kier molecular flexibility index (Phi) is 7.83. The summed E-state index contributed by atoms with van der Waals surface area (Å²) in [5.74, 6) is -0.113. The van der Waals surface area contributed by atoms with E-state index in [9.17, 15) is 13.2 Å². The number of nitrogens with zero attached hydrogens (tertiary/aromatic N) is 1. The van der Waals surface area contributed by atoms with Crippen LogP contribution < -0.4 is 14.9 Å². The lowest BCUT2D eigenvalue weighted by atomic mass is 9.99. The lowest BCUT2D eigenvalue weighted by Gasteiger charge is -2.28. The van der Waals surface area contributed by atoms with Crippen molar-refractivity contribution in [2.24, 2.45) is 0 Å². The molecule has 7 nitrogen and oxygen atoms in total. The molecule has 1 unspecified atom stereocenters. The molecule has 9 heteroatoms. The van der Waals surface area contributed by atoms with Crippen molar-refractivity contribution < 1.29 is 17.9 Å². The van der Waals surface area contributed by atoms with Crippen LogP contribution in [0.1, 0.15) is 19.8 Å². The minimum atomic E-state index is -3.62. The molecule has 2 rings (SSSR count). The molecule has 1 atom stereocenters. The van der Waals surface area contributed by atoms with E-state index in [2.05, 4.69) is 10.0 Å². The molecule has 1 heterocycles. The van der Waals surface area contributed by atoms with E-state index in [1.54, 1.807) is 26.3 Å². The van der Waals surface area contributed by atoms with Gasteiger partial charge in [-0.1, -0.05) is 0 Å². The number of benzene rings is 1. The molecule has 0 radical (unpaired) electrons. The summed E-state index contributed by atoms with van der Waals surface area (Å²) in [5.41, 5.74) is 0.297. The van der Waals surface area contributed by atoms with Crippen molar-refractivity contribution in [2.75, 3.05) is 38.8 Å². The fourth-order valence-corrected chi connectivity index (χ4v) is 3.94. The van der Waals surface area contributed by atoms with E-state index in [0.717, 1.165) is 19.4 Å². The molecule has 142 valence electrons. The summed E-state index contributed by atoms with van der Waals surface area (Å²) < 4.78 is 32.9. The topological polar surface area (TPSA) is 87.7 Å². The van der Waals surface area contributed by atoms with Gasteiger partial charge in [-0.2, -0.15) is 0 Å². The summed E-state index contributed by atoms with van der Waals surface area (Å²) in [4.78, 5) is 13.0. The van der Waals surface area contributed by atoms with E-state index in [0.29, 0.717) is 12.3 Å². The maximum absolute atomic E-state index is 12.5. The first-order valence-corrected chi connectivity index (χ1v) is 9.36. The minimum absolute atomic E-state index is 0. The number of carbonyl (C=O) groups is 1. The van der Waals surface area contributed by atoms with Gasteiger partial charge in [0.25, 0.3) is 0 Å². The van der Waals surface area contributed by atoms with Crippen LogP contribution in [0.15, 0.2) is 29.2 Å². The standard InChI is InChI=1S/C16H25N3O4S.ClH/c1-13(20)19(2)14-5-7-15(8-6-14)24(21,22)18-11-16(12-23-3)9-4-10-17-16;/h5-8,17-18H,4,9-12H2,1-3H3;1H. The third-order valence-electron chi connectivity index (χ3n) is 4.36. The molecule has 0 bridgehead atoms. The Labute approximate surface area is 155 Å². The van der Waals surface area contributed by atoms with E-state index in [1.807, 2.05) is 0 Å². The number of methoxy groups -OCH3 is 1. The van der Waals surface area contributed by atoms with Crippen molar-refractivity contribution in [1.29, 1.82) is 0 Å². The van der Waals surface area contributed by atoms with Gasteiger partial charge in [0.05, 0.1) is 17.0 Å². The van der Waals surface area contributed by atoms with Crippen molar-refractivity contribution in [1.82, 2.24) is 10.0 Å². The molecule has 1 aliphatic heterocycles. The Hall–Kier alpha value is -1.19. The average Bonchev–Trinajstić information content (AvgIpc) is 3.02. The van der Waals surface area contributed by atoms with E-state index in [-0.39, 0.29) is 35.3 Å². The van der Waals surface area contributed by atoms with Crippen molar-refractivity contribution in [3.05, 3.63) is 24.3 Å². The highest BCUT2D eigenvalue weighted by Gasteiger charge is 2.34. The van der Waals surface area contributed by atoms with E-state index in [1.165, 1.54) is 24.0 Å². The Balaban J connectivity index is 0.00000312. The highest BCUT2D eigenvalue weighted by Crippen LogP contribution is 2.21. The number of nitrogens with one attached hydrogen (secondary N) is 2. The SMILES string of the molecule is COCC1(CNS(=O)(=O)c2ccc(N(C)C(C)=O)cc2)CCCN1.Cl. The molecule has 0 spiro atoms. The molecule has 1 amide bonds. The van der Waals surface area contributed by atoms with E-state index >= 15 is 0 Å². The normalized spacial score (nSPS) is 20.1. The van der Waals surface area contributed by atoms with Gasteiger partial charge in [0.15, 0.2) is 0 Å². The molecule has 25 heavy (non-hydrogen) atoms. The predicted octanol–water partition coefficient (Wildman–Crippen LogP) is 1.14. The highest BCUT2D eigenvalue weighted by molar-refractivity contribution is 7.89. The molecule has 1 aliphatic rings. The third-order valence-corrected chi connectivity index (χ3v) is 5.78. The Bertz CT molecular complexity index is 673. The second-order valence-corrected chi connectivity index (χ2v) is 7.91. The number of hydrogen-bond donors (Lipinski definition) is 2. The number of hydrogen-bond acceptors (Lipinski definition) is 5. The lowest BCUT2D eigenvalue weighted by molar-refractivity contribution is -0.116. The van der Waals surface area contributed by atoms with Crippen LogP contribution in [0, 0.1) is 0 Å². The van der Waals surface area contributed by atoms with Gasteiger partial charge in [0.1, 0.15) is 0 Å². The summed E-state index contributed by atoms with van der Waals surface area (Å²) in [6.45, 7) is 3.05. The molecule has 1 saturated heterocycles. The summed E-state index contributed by atoms with van der Waals surface area (Å²) in [6, 6.07) is 6.24. The first kappa shape index (κ1) is 21.9. The van der Waals surface area contributed by atoms with Gasteiger partial charge in [-0.15, -0.1) is 12.4 Å². The highest BCUT2D eigenvalue weighted by atomic mass is 35.5. The molecule has 1 aromatic carbocycles. The molecule has 0 aliphatic carbocycles. The summed E-state index contributed by atoms with van der Waals surface area (Å²) in [6.07, 6.45) is 1.86. The van der Waals surface area contributed by atoms with Crippen molar-refractivity contribution in [2.45, 2.75) is 30.2 Å². The predicted molar refractivity (Wildman–Crippen MR) is 99.8 cm³/mol. The van der Waals surface area contributed by atoms with Crippen LogP contribution in [-0.2, 0) is 19.6 Å². The minimum Gasteiger partial charge on any atom is -0.383 e. The van der Waals surface area contributed by atoms with E-state index in [4.69, 9.17) is 4.74 Å². The van der Waals surface area contributed by atoms with Gasteiger partial charge < -0.3 is 15.0 Å².